The van der Waals surface area contributed by atoms with Crippen LogP contribution in [0.5, 0.6) is 0 Å². The average molecular weight is 292 g/mol. The lowest BCUT2D eigenvalue weighted by molar-refractivity contribution is 0.625. The van der Waals surface area contributed by atoms with Crippen molar-refractivity contribution in [2.75, 3.05) is 11.9 Å². The Morgan fingerprint density at radius 3 is 2.70 bits per heavy atom. The molecule has 0 saturated heterocycles. The molecule has 3 N–H and O–H groups in total. The molecule has 0 saturated carbocycles. The number of nitrogen functional groups attached to an aromatic ring is 1. The molecule has 0 aliphatic heterocycles. The van der Waals surface area contributed by atoms with Gasteiger partial charge in [0.25, 0.3) is 0 Å². The van der Waals surface area contributed by atoms with Crippen molar-refractivity contribution in [1.29, 1.82) is 5.41 Å². The van der Waals surface area contributed by atoms with Crippen molar-refractivity contribution in [3.63, 3.8) is 0 Å². The normalized spacial score (nSPS) is 10.3. The van der Waals surface area contributed by atoms with E-state index in [2.05, 4.69) is 0 Å². The number of hydrogen-bond donors (Lipinski definition) is 2. The van der Waals surface area contributed by atoms with Gasteiger partial charge in [-0.1, -0.05) is 23.7 Å². The van der Waals surface area contributed by atoms with E-state index in [1.807, 2.05) is 18.0 Å². The maximum absolute atomic E-state index is 13.2. The molecule has 0 amide bonds. The first kappa shape index (κ1) is 14.3. The first-order valence-electron chi connectivity index (χ1n) is 6.07. The molecule has 0 aromatic heterocycles. The van der Waals surface area contributed by atoms with Gasteiger partial charge >= 0.3 is 0 Å². The second-order valence-electron chi connectivity index (χ2n) is 4.56. The maximum Gasteiger partial charge on any atom is 0.124 e. The van der Waals surface area contributed by atoms with Crippen LogP contribution in [-0.2, 0) is 6.54 Å². The smallest absolute Gasteiger partial charge is 0.124 e. The lowest BCUT2D eigenvalue weighted by Gasteiger charge is -2.22. The second-order valence-corrected chi connectivity index (χ2v) is 5.00. The van der Waals surface area contributed by atoms with Gasteiger partial charge < -0.3 is 10.6 Å². The summed E-state index contributed by atoms with van der Waals surface area (Å²) in [6, 6.07) is 11.6. The lowest BCUT2D eigenvalue weighted by atomic mass is 10.1. The highest BCUT2D eigenvalue weighted by molar-refractivity contribution is 6.31. The van der Waals surface area contributed by atoms with E-state index in [1.165, 1.54) is 12.1 Å². The van der Waals surface area contributed by atoms with Gasteiger partial charge in [-0.15, -0.1) is 0 Å². The predicted molar refractivity (Wildman–Crippen MR) is 81.0 cm³/mol. The van der Waals surface area contributed by atoms with E-state index >= 15 is 0 Å². The summed E-state index contributed by atoms with van der Waals surface area (Å²) >= 11 is 5.93. The summed E-state index contributed by atoms with van der Waals surface area (Å²) in [6.07, 6.45) is 0. The van der Waals surface area contributed by atoms with Gasteiger partial charge in [0.05, 0.1) is 0 Å². The van der Waals surface area contributed by atoms with Gasteiger partial charge in [-0.05, 0) is 35.9 Å². The van der Waals surface area contributed by atoms with Crippen LogP contribution in [0.1, 0.15) is 11.1 Å². The van der Waals surface area contributed by atoms with E-state index in [1.54, 1.807) is 24.3 Å². The molecule has 0 aliphatic rings. The number of nitrogens with one attached hydrogen (secondary N) is 1. The number of amidine groups is 1. The fourth-order valence-corrected chi connectivity index (χ4v) is 2.22. The Morgan fingerprint density at radius 2 is 2.05 bits per heavy atom. The molecule has 5 heteroatoms. The standard InChI is InChI=1S/C15H15ClFN3/c1-20(9-10-3-2-4-12(17)7-10)14-6-5-11(16)8-13(14)15(18)19/h2-8H,9H2,1H3,(H3,18,19). The Bertz CT molecular complexity index is 643. The Balaban J connectivity index is 2.29. The van der Waals surface area contributed by atoms with Crippen LogP contribution in [0, 0.1) is 11.2 Å². The molecule has 2 aromatic carbocycles. The minimum atomic E-state index is -0.265. The van der Waals surface area contributed by atoms with Crippen molar-refractivity contribution < 1.29 is 4.39 Å². The Kier molecular flexibility index (Phi) is 4.25. The average Bonchev–Trinajstić information content (AvgIpc) is 2.38. The molecular weight excluding hydrogens is 277 g/mol. The van der Waals surface area contributed by atoms with Crippen LogP contribution in [0.4, 0.5) is 10.1 Å². The summed E-state index contributed by atoms with van der Waals surface area (Å²) in [5.41, 5.74) is 7.77. The summed E-state index contributed by atoms with van der Waals surface area (Å²) in [5.74, 6) is -0.313. The van der Waals surface area contributed by atoms with Crippen molar-refractivity contribution >= 4 is 23.1 Å². The van der Waals surface area contributed by atoms with Crippen LogP contribution in [-0.4, -0.2) is 12.9 Å². The molecule has 0 bridgehead atoms. The van der Waals surface area contributed by atoms with Gasteiger partial charge in [-0.3, -0.25) is 5.41 Å². The maximum atomic E-state index is 13.2. The summed E-state index contributed by atoms with van der Waals surface area (Å²) in [5, 5.41) is 8.14. The zero-order valence-corrected chi connectivity index (χ0v) is 11.8. The lowest BCUT2D eigenvalue weighted by Crippen LogP contribution is -2.22. The van der Waals surface area contributed by atoms with Gasteiger partial charge in [0.2, 0.25) is 0 Å². The molecule has 0 radical (unpaired) electrons. The minimum Gasteiger partial charge on any atom is -0.384 e. The summed E-state index contributed by atoms with van der Waals surface area (Å²) in [7, 11) is 1.86. The van der Waals surface area contributed by atoms with E-state index in [0.717, 1.165) is 11.3 Å². The zero-order valence-electron chi connectivity index (χ0n) is 11.0. The molecule has 2 rings (SSSR count). The molecular formula is C15H15ClFN3. The number of nitrogens with zero attached hydrogens (tertiary/aromatic N) is 1. The number of hydrogen-bond acceptors (Lipinski definition) is 2. The molecule has 0 fully saturated rings. The zero-order chi connectivity index (χ0) is 14.7. The van der Waals surface area contributed by atoms with E-state index in [0.29, 0.717) is 17.1 Å². The summed E-state index contributed by atoms with van der Waals surface area (Å²) in [4.78, 5) is 1.90. The van der Waals surface area contributed by atoms with E-state index in [-0.39, 0.29) is 11.7 Å². The fraction of sp³-hybridized carbons (Fsp3) is 0.133. The molecule has 20 heavy (non-hydrogen) atoms. The van der Waals surface area contributed by atoms with E-state index < -0.39 is 0 Å². The highest BCUT2D eigenvalue weighted by Crippen LogP contribution is 2.24. The SMILES string of the molecule is CN(Cc1cccc(F)c1)c1ccc(Cl)cc1C(=N)N. The molecule has 0 heterocycles. The molecule has 0 atom stereocenters. The molecule has 104 valence electrons. The third-order valence-electron chi connectivity index (χ3n) is 2.97. The van der Waals surface area contributed by atoms with Crippen molar-refractivity contribution in [2.24, 2.45) is 5.73 Å². The number of halogens is 2. The molecule has 0 aliphatic carbocycles. The van der Waals surface area contributed by atoms with Crippen LogP contribution < -0.4 is 10.6 Å². The monoisotopic (exact) mass is 291 g/mol. The summed E-state index contributed by atoms with van der Waals surface area (Å²) < 4.78 is 13.2. The minimum absolute atomic E-state index is 0.0476. The third-order valence-corrected chi connectivity index (χ3v) is 3.20. The van der Waals surface area contributed by atoms with Gasteiger partial charge in [-0.2, -0.15) is 0 Å². The number of anilines is 1. The van der Waals surface area contributed by atoms with E-state index in [9.17, 15) is 4.39 Å². The number of rotatable bonds is 4. The predicted octanol–water partition coefficient (Wildman–Crippen LogP) is 3.40. The van der Waals surface area contributed by atoms with Crippen molar-refractivity contribution in [2.45, 2.75) is 6.54 Å². The van der Waals surface area contributed by atoms with Crippen LogP contribution in [0.3, 0.4) is 0 Å². The first-order chi connectivity index (χ1) is 9.47. The fourth-order valence-electron chi connectivity index (χ4n) is 2.05. The van der Waals surface area contributed by atoms with Crippen molar-refractivity contribution in [3.05, 3.63) is 64.4 Å². The Hall–Kier alpha value is -2.07. The van der Waals surface area contributed by atoms with Gasteiger partial charge in [0.1, 0.15) is 11.7 Å². The van der Waals surface area contributed by atoms with Crippen LogP contribution in [0.25, 0.3) is 0 Å². The van der Waals surface area contributed by atoms with Gasteiger partial charge in [-0.25, -0.2) is 4.39 Å². The van der Waals surface area contributed by atoms with E-state index in [4.69, 9.17) is 22.7 Å². The molecule has 3 nitrogen and oxygen atoms in total. The number of nitrogens with two attached hydrogens (primary N) is 1. The summed E-state index contributed by atoms with van der Waals surface area (Å²) in [6.45, 7) is 0.514. The van der Waals surface area contributed by atoms with Crippen molar-refractivity contribution in [1.82, 2.24) is 0 Å². The van der Waals surface area contributed by atoms with Crippen LogP contribution >= 0.6 is 11.6 Å². The molecule has 0 unspecified atom stereocenters. The largest absolute Gasteiger partial charge is 0.384 e. The van der Waals surface area contributed by atoms with Crippen molar-refractivity contribution in [3.8, 4) is 0 Å². The highest BCUT2D eigenvalue weighted by Gasteiger charge is 2.11. The van der Waals surface area contributed by atoms with Crippen LogP contribution in [0.2, 0.25) is 5.02 Å². The third kappa shape index (κ3) is 3.27. The highest BCUT2D eigenvalue weighted by atomic mass is 35.5. The molecule has 2 aromatic rings. The van der Waals surface area contributed by atoms with Gasteiger partial charge in [0, 0.05) is 29.9 Å². The quantitative estimate of drug-likeness (QED) is 0.670. The Labute approximate surface area is 122 Å². The second kappa shape index (κ2) is 5.92. The van der Waals surface area contributed by atoms with Crippen LogP contribution in [0.15, 0.2) is 42.5 Å². The topological polar surface area (TPSA) is 53.1 Å². The number of benzene rings is 2. The Morgan fingerprint density at radius 1 is 1.30 bits per heavy atom. The molecule has 0 spiro atoms. The van der Waals surface area contributed by atoms with Gasteiger partial charge in [0.15, 0.2) is 0 Å². The first-order valence-corrected chi connectivity index (χ1v) is 6.44.